The number of amides is 3. The Morgan fingerprint density at radius 1 is 1.13 bits per heavy atom. The second kappa shape index (κ2) is 9.64. The van der Waals surface area contributed by atoms with Crippen molar-refractivity contribution in [1.82, 2.24) is 10.2 Å². The van der Waals surface area contributed by atoms with Crippen LogP contribution in [0.25, 0.3) is 0 Å². The van der Waals surface area contributed by atoms with Crippen molar-refractivity contribution in [3.63, 3.8) is 0 Å². The molecule has 0 radical (unpaired) electrons. The molecule has 31 heavy (non-hydrogen) atoms. The Balaban J connectivity index is 1.99. The van der Waals surface area contributed by atoms with E-state index in [1.54, 1.807) is 7.05 Å². The minimum Gasteiger partial charge on any atom is -0.395 e. The van der Waals surface area contributed by atoms with Crippen molar-refractivity contribution in [1.29, 1.82) is 0 Å². The van der Waals surface area contributed by atoms with E-state index in [9.17, 15) is 19.5 Å². The van der Waals surface area contributed by atoms with Crippen LogP contribution in [0.5, 0.6) is 0 Å². The van der Waals surface area contributed by atoms with Crippen molar-refractivity contribution in [3.05, 3.63) is 41.5 Å². The van der Waals surface area contributed by atoms with E-state index in [4.69, 9.17) is 0 Å². The van der Waals surface area contributed by atoms with Crippen molar-refractivity contribution in [2.45, 2.75) is 39.7 Å². The first-order chi connectivity index (χ1) is 14.8. The Morgan fingerprint density at radius 2 is 1.81 bits per heavy atom. The van der Waals surface area contributed by atoms with Crippen LogP contribution in [-0.4, -0.2) is 54.0 Å². The van der Waals surface area contributed by atoms with E-state index in [1.807, 2.05) is 44.2 Å². The molecule has 0 saturated carbocycles. The highest BCUT2D eigenvalue weighted by atomic mass is 16.3. The summed E-state index contributed by atoms with van der Waals surface area (Å²) in [5.74, 6) is -2.30. The van der Waals surface area contributed by atoms with Crippen LogP contribution in [0.2, 0.25) is 0 Å². The minimum absolute atomic E-state index is 0.0495. The summed E-state index contributed by atoms with van der Waals surface area (Å²) < 4.78 is 0. The van der Waals surface area contributed by atoms with Crippen molar-refractivity contribution in [3.8, 4) is 0 Å². The van der Waals surface area contributed by atoms with Gasteiger partial charge in [0.05, 0.1) is 18.4 Å². The van der Waals surface area contributed by atoms with Crippen LogP contribution in [-0.2, 0) is 14.4 Å². The fourth-order valence-corrected chi connectivity index (χ4v) is 5.19. The summed E-state index contributed by atoms with van der Waals surface area (Å²) in [6.07, 6.45) is 5.63. The third kappa shape index (κ3) is 4.24. The number of hydrogen-bond acceptors (Lipinski definition) is 4. The summed E-state index contributed by atoms with van der Waals surface area (Å²) in [6, 6.07) is 5.01. The lowest BCUT2D eigenvalue weighted by atomic mass is 9.68. The molecule has 0 unspecified atom stereocenters. The molecule has 5 atom stereocenters. The van der Waals surface area contributed by atoms with E-state index in [2.05, 4.69) is 17.6 Å². The number of nitrogens with one attached hydrogen (secondary N) is 2. The number of aliphatic hydroxyl groups is 1. The van der Waals surface area contributed by atoms with Crippen LogP contribution < -0.4 is 10.6 Å². The summed E-state index contributed by atoms with van der Waals surface area (Å²) in [7, 11) is 1.58. The first-order valence-corrected chi connectivity index (χ1v) is 11.0. The number of carbonyl (C=O) groups is 3. The quantitative estimate of drug-likeness (QED) is 0.580. The van der Waals surface area contributed by atoms with Gasteiger partial charge in [0.2, 0.25) is 17.7 Å². The number of anilines is 1. The lowest BCUT2D eigenvalue weighted by Gasteiger charge is -2.34. The van der Waals surface area contributed by atoms with Gasteiger partial charge >= 0.3 is 0 Å². The van der Waals surface area contributed by atoms with E-state index in [1.165, 1.54) is 4.90 Å². The van der Waals surface area contributed by atoms with Gasteiger partial charge in [-0.3, -0.25) is 14.4 Å². The molecule has 1 aromatic rings. The largest absolute Gasteiger partial charge is 0.395 e. The highest BCUT2D eigenvalue weighted by Crippen LogP contribution is 2.45. The number of rotatable bonds is 7. The molecule has 3 N–H and O–H groups in total. The molecule has 0 spiro atoms. The Labute approximate surface area is 183 Å². The first kappa shape index (κ1) is 23.0. The molecule has 1 fully saturated rings. The molecule has 1 heterocycles. The molecule has 0 bridgehead atoms. The average molecular weight is 428 g/mol. The van der Waals surface area contributed by atoms with Crippen molar-refractivity contribution < 1.29 is 19.5 Å². The number of para-hydroxylation sites is 1. The second-order valence-corrected chi connectivity index (χ2v) is 8.54. The maximum atomic E-state index is 13.4. The highest BCUT2D eigenvalue weighted by molar-refractivity contribution is 6.02. The molecule has 7 nitrogen and oxygen atoms in total. The zero-order valence-electron chi connectivity index (χ0n) is 18.7. The predicted octanol–water partition coefficient (Wildman–Crippen LogP) is 2.03. The van der Waals surface area contributed by atoms with E-state index in [0.717, 1.165) is 29.7 Å². The molecule has 1 saturated heterocycles. The van der Waals surface area contributed by atoms with Crippen molar-refractivity contribution >= 4 is 23.4 Å². The standard InChI is InChI=1S/C24H33N3O4/c1-5-7-16-10-11-17-19(18(16)22(29)25-4)24(31)27(12-13-28)21(17)23(30)26-20-14(2)8-6-9-15(20)3/h6,8-11,16-19,21,28H,5,7,12-13H2,1-4H3,(H,25,29)(H,26,30)/t16-,17+,18-,19+,21+/m1/s1. The number of fused-ring (bicyclic) bond motifs is 1. The number of nitrogens with zero attached hydrogens (tertiary/aromatic N) is 1. The summed E-state index contributed by atoms with van der Waals surface area (Å²) in [4.78, 5) is 41.1. The highest BCUT2D eigenvalue weighted by Gasteiger charge is 2.56. The van der Waals surface area contributed by atoms with Crippen LogP contribution in [0.1, 0.15) is 30.9 Å². The minimum atomic E-state index is -0.769. The van der Waals surface area contributed by atoms with Gasteiger partial charge in [-0.15, -0.1) is 0 Å². The molecular formula is C24H33N3O4. The van der Waals surface area contributed by atoms with Crippen LogP contribution in [0, 0.1) is 37.5 Å². The lowest BCUT2D eigenvalue weighted by molar-refractivity contribution is -0.140. The fraction of sp³-hybridized carbons (Fsp3) is 0.542. The number of benzene rings is 1. The van der Waals surface area contributed by atoms with Crippen LogP contribution in [0.15, 0.2) is 30.4 Å². The summed E-state index contributed by atoms with van der Waals surface area (Å²) in [6.45, 7) is 5.72. The number of carbonyl (C=O) groups excluding carboxylic acids is 3. The molecular weight excluding hydrogens is 394 g/mol. The van der Waals surface area contributed by atoms with Gasteiger partial charge in [-0.1, -0.05) is 43.7 Å². The van der Waals surface area contributed by atoms with E-state index >= 15 is 0 Å². The van der Waals surface area contributed by atoms with Gasteiger partial charge < -0.3 is 20.6 Å². The van der Waals surface area contributed by atoms with Gasteiger partial charge in [0.25, 0.3) is 0 Å². The molecule has 168 valence electrons. The maximum Gasteiger partial charge on any atom is 0.247 e. The molecule has 2 aliphatic rings. The monoisotopic (exact) mass is 427 g/mol. The van der Waals surface area contributed by atoms with Gasteiger partial charge in [0, 0.05) is 25.2 Å². The number of aryl methyl sites for hydroxylation is 2. The van der Waals surface area contributed by atoms with E-state index in [-0.39, 0.29) is 36.8 Å². The van der Waals surface area contributed by atoms with Crippen LogP contribution in [0.4, 0.5) is 5.69 Å². The zero-order chi connectivity index (χ0) is 22.7. The smallest absolute Gasteiger partial charge is 0.247 e. The number of likely N-dealkylation sites (tertiary alicyclic amines) is 1. The third-order valence-corrected chi connectivity index (χ3v) is 6.62. The lowest BCUT2D eigenvalue weighted by Crippen LogP contribution is -2.45. The van der Waals surface area contributed by atoms with Crippen molar-refractivity contribution in [2.24, 2.45) is 23.7 Å². The van der Waals surface area contributed by atoms with Crippen LogP contribution >= 0.6 is 0 Å². The topological polar surface area (TPSA) is 98.7 Å². The molecule has 1 aliphatic carbocycles. The molecule has 0 aromatic heterocycles. The van der Waals surface area contributed by atoms with Gasteiger partial charge in [-0.25, -0.2) is 0 Å². The van der Waals surface area contributed by atoms with Gasteiger partial charge in [-0.2, -0.15) is 0 Å². The number of β-amino-alcohol motifs (C(OH)–C–C–N with tert-alkyl or cyclic N) is 1. The fourth-order valence-electron chi connectivity index (χ4n) is 5.19. The summed E-state index contributed by atoms with van der Waals surface area (Å²) in [5.41, 5.74) is 2.61. The molecule has 3 rings (SSSR count). The SMILES string of the molecule is CCC[C@@H]1C=C[C@H]2[C@H](C(=O)N(CCO)[C@@H]2C(=O)Nc2c(C)cccc2C)[C@@H]1C(=O)NC. The van der Waals surface area contributed by atoms with Crippen molar-refractivity contribution in [2.75, 3.05) is 25.5 Å². The number of hydrogen-bond donors (Lipinski definition) is 3. The molecule has 3 amide bonds. The maximum absolute atomic E-state index is 13.4. The van der Waals surface area contributed by atoms with Gasteiger partial charge in [-0.05, 0) is 37.3 Å². The Kier molecular flexibility index (Phi) is 7.15. The van der Waals surface area contributed by atoms with E-state index in [0.29, 0.717) is 0 Å². The normalized spacial score (nSPS) is 27.2. The van der Waals surface area contributed by atoms with Gasteiger partial charge in [0.1, 0.15) is 6.04 Å². The summed E-state index contributed by atoms with van der Waals surface area (Å²) >= 11 is 0. The molecule has 1 aromatic carbocycles. The summed E-state index contributed by atoms with van der Waals surface area (Å²) in [5, 5.41) is 15.3. The second-order valence-electron chi connectivity index (χ2n) is 8.54. The van der Waals surface area contributed by atoms with E-state index < -0.39 is 23.8 Å². The number of aliphatic hydroxyl groups excluding tert-OH is 1. The van der Waals surface area contributed by atoms with Gasteiger partial charge in [0.15, 0.2) is 0 Å². The molecule has 7 heteroatoms. The predicted molar refractivity (Wildman–Crippen MR) is 119 cm³/mol. The van der Waals surface area contributed by atoms with Crippen LogP contribution in [0.3, 0.4) is 0 Å². The first-order valence-electron chi connectivity index (χ1n) is 11.0. The zero-order valence-corrected chi connectivity index (χ0v) is 18.7. The Bertz CT molecular complexity index is 861. The third-order valence-electron chi connectivity index (χ3n) is 6.62. The molecule has 1 aliphatic heterocycles. The number of allylic oxidation sites excluding steroid dienone is 1. The Morgan fingerprint density at radius 3 is 2.39 bits per heavy atom. The Hall–Kier alpha value is -2.67. The average Bonchev–Trinajstić information content (AvgIpc) is 3.02.